The zero-order valence-electron chi connectivity index (χ0n) is 15.5. The summed E-state index contributed by atoms with van der Waals surface area (Å²) < 4.78 is 14.7. The fourth-order valence-electron chi connectivity index (χ4n) is 2.66. The fraction of sp³-hybridized carbons (Fsp3) is 0.200. The Hall–Kier alpha value is -3.55. The smallest absolute Gasteiger partial charge is 0.251 e. The van der Waals surface area contributed by atoms with E-state index in [1.807, 2.05) is 6.92 Å². The SMILES string of the molecule is CCNC(=O)c1ccc(-n2nnc(C([O-])=NCc3cccc(F)c3)c2C)cc1. The van der Waals surface area contributed by atoms with Crippen LogP contribution in [0.1, 0.15) is 34.2 Å². The van der Waals surface area contributed by atoms with Crippen LogP contribution in [0, 0.1) is 12.7 Å². The molecule has 0 aliphatic carbocycles. The van der Waals surface area contributed by atoms with Gasteiger partial charge in [0.05, 0.1) is 17.9 Å². The minimum absolute atomic E-state index is 0.0597. The van der Waals surface area contributed by atoms with E-state index in [2.05, 4.69) is 20.6 Å². The summed E-state index contributed by atoms with van der Waals surface area (Å²) in [5, 5.41) is 23.0. The Morgan fingerprint density at radius 3 is 2.68 bits per heavy atom. The second-order valence-corrected chi connectivity index (χ2v) is 6.09. The van der Waals surface area contributed by atoms with Crippen LogP contribution in [-0.2, 0) is 6.54 Å². The van der Waals surface area contributed by atoms with E-state index >= 15 is 0 Å². The first kappa shape index (κ1) is 19.2. The first-order valence-corrected chi connectivity index (χ1v) is 8.76. The van der Waals surface area contributed by atoms with Gasteiger partial charge in [0, 0.05) is 18.0 Å². The lowest BCUT2D eigenvalue weighted by Gasteiger charge is -2.10. The molecule has 144 valence electrons. The molecule has 0 fully saturated rings. The second kappa shape index (κ2) is 8.43. The van der Waals surface area contributed by atoms with Crippen LogP contribution >= 0.6 is 0 Å². The Morgan fingerprint density at radius 2 is 2.00 bits per heavy atom. The van der Waals surface area contributed by atoms with Gasteiger partial charge in [-0.25, -0.2) is 9.07 Å². The van der Waals surface area contributed by atoms with Gasteiger partial charge in [-0.05, 0) is 55.8 Å². The van der Waals surface area contributed by atoms with Crippen molar-refractivity contribution in [3.63, 3.8) is 0 Å². The maximum Gasteiger partial charge on any atom is 0.251 e. The van der Waals surface area contributed by atoms with Gasteiger partial charge >= 0.3 is 0 Å². The number of benzene rings is 2. The molecule has 1 heterocycles. The number of amides is 1. The number of aromatic nitrogens is 3. The summed E-state index contributed by atoms with van der Waals surface area (Å²) in [5.41, 5.74) is 2.45. The van der Waals surface area contributed by atoms with E-state index in [-0.39, 0.29) is 24.0 Å². The quantitative estimate of drug-likeness (QED) is 0.521. The zero-order valence-corrected chi connectivity index (χ0v) is 15.5. The Labute approximate surface area is 161 Å². The summed E-state index contributed by atoms with van der Waals surface area (Å²) >= 11 is 0. The average Bonchev–Trinajstić information content (AvgIpc) is 3.08. The van der Waals surface area contributed by atoms with Gasteiger partial charge in [0.15, 0.2) is 0 Å². The van der Waals surface area contributed by atoms with Crippen LogP contribution in [0.25, 0.3) is 5.69 Å². The molecule has 0 radical (unpaired) electrons. The number of carbonyl (C=O) groups excluding carboxylic acids is 1. The topological polar surface area (TPSA) is 95.2 Å². The number of aliphatic imine (C=N–C) groups is 1. The van der Waals surface area contributed by atoms with Gasteiger partial charge in [0.2, 0.25) is 0 Å². The van der Waals surface area contributed by atoms with Gasteiger partial charge < -0.3 is 10.4 Å². The predicted octanol–water partition coefficient (Wildman–Crippen LogP) is 1.77. The molecule has 0 bridgehead atoms. The van der Waals surface area contributed by atoms with Crippen LogP contribution in [0.4, 0.5) is 4.39 Å². The van der Waals surface area contributed by atoms with E-state index in [1.54, 1.807) is 43.3 Å². The number of rotatable bonds is 6. The Balaban J connectivity index is 1.79. The molecular weight excluding hydrogens is 361 g/mol. The number of hydrogen-bond acceptors (Lipinski definition) is 5. The van der Waals surface area contributed by atoms with E-state index in [0.29, 0.717) is 29.1 Å². The number of halogens is 1. The number of nitrogens with zero attached hydrogens (tertiary/aromatic N) is 4. The summed E-state index contributed by atoms with van der Waals surface area (Å²) in [6.07, 6.45) is 0. The molecule has 0 unspecified atom stereocenters. The standard InChI is InChI=1S/C20H20FN5O2/c1-3-22-19(27)15-7-9-17(10-8-15)26-13(2)18(24-25-26)20(28)23-12-14-5-4-6-16(21)11-14/h4-11H,3,12H2,1-2H3,(H,22,27)(H,23,28)/p-1. The van der Waals surface area contributed by atoms with Crippen molar-refractivity contribution in [2.45, 2.75) is 20.4 Å². The number of carbonyl (C=O) groups is 1. The van der Waals surface area contributed by atoms with Crippen molar-refractivity contribution >= 4 is 11.8 Å². The van der Waals surface area contributed by atoms with Crippen molar-refractivity contribution in [2.75, 3.05) is 6.54 Å². The molecule has 1 N–H and O–H groups in total. The van der Waals surface area contributed by atoms with Crippen LogP contribution in [0.3, 0.4) is 0 Å². The third kappa shape index (κ3) is 4.22. The van der Waals surface area contributed by atoms with Crippen LogP contribution in [0.2, 0.25) is 0 Å². The highest BCUT2D eigenvalue weighted by Crippen LogP contribution is 2.14. The van der Waals surface area contributed by atoms with Crippen molar-refractivity contribution in [2.24, 2.45) is 4.99 Å². The highest BCUT2D eigenvalue weighted by atomic mass is 19.1. The van der Waals surface area contributed by atoms with Crippen molar-refractivity contribution in [3.05, 3.63) is 76.9 Å². The molecule has 3 rings (SSSR count). The lowest BCUT2D eigenvalue weighted by Crippen LogP contribution is -2.22. The van der Waals surface area contributed by atoms with E-state index in [1.165, 1.54) is 16.8 Å². The molecule has 2 aromatic carbocycles. The highest BCUT2D eigenvalue weighted by Gasteiger charge is 2.11. The van der Waals surface area contributed by atoms with Gasteiger partial charge in [-0.3, -0.25) is 9.79 Å². The van der Waals surface area contributed by atoms with E-state index in [0.717, 1.165) is 0 Å². The van der Waals surface area contributed by atoms with Gasteiger partial charge in [0.1, 0.15) is 11.5 Å². The summed E-state index contributed by atoms with van der Waals surface area (Å²) in [6, 6.07) is 12.7. The molecule has 8 heteroatoms. The van der Waals surface area contributed by atoms with Crippen LogP contribution < -0.4 is 10.4 Å². The average molecular weight is 380 g/mol. The molecule has 28 heavy (non-hydrogen) atoms. The second-order valence-electron chi connectivity index (χ2n) is 6.09. The van der Waals surface area contributed by atoms with Crippen LogP contribution in [0.5, 0.6) is 0 Å². The first-order chi connectivity index (χ1) is 13.5. The van der Waals surface area contributed by atoms with Crippen molar-refractivity contribution in [1.82, 2.24) is 20.3 Å². The normalized spacial score (nSPS) is 11.5. The molecule has 1 aromatic heterocycles. The van der Waals surface area contributed by atoms with Crippen molar-refractivity contribution < 1.29 is 14.3 Å². The Morgan fingerprint density at radius 1 is 1.25 bits per heavy atom. The largest absolute Gasteiger partial charge is 0.857 e. The lowest BCUT2D eigenvalue weighted by molar-refractivity contribution is -0.213. The summed E-state index contributed by atoms with van der Waals surface area (Å²) in [4.78, 5) is 15.8. The molecule has 0 aliphatic rings. The van der Waals surface area contributed by atoms with E-state index in [4.69, 9.17) is 0 Å². The molecule has 1 amide bonds. The molecule has 0 saturated carbocycles. The Kier molecular flexibility index (Phi) is 5.78. The molecule has 3 aromatic rings. The third-order valence-electron chi connectivity index (χ3n) is 4.10. The number of nitrogens with one attached hydrogen (secondary N) is 1. The minimum Gasteiger partial charge on any atom is -0.857 e. The summed E-state index contributed by atoms with van der Waals surface area (Å²) in [5.74, 6) is -1.05. The molecule has 0 aliphatic heterocycles. The summed E-state index contributed by atoms with van der Waals surface area (Å²) in [7, 11) is 0. The van der Waals surface area contributed by atoms with Crippen molar-refractivity contribution in [1.29, 1.82) is 0 Å². The molecular formula is C20H19FN5O2-. The van der Waals surface area contributed by atoms with Crippen molar-refractivity contribution in [3.8, 4) is 5.69 Å². The van der Waals surface area contributed by atoms with Gasteiger partial charge in [-0.2, -0.15) is 0 Å². The third-order valence-corrected chi connectivity index (χ3v) is 4.10. The molecule has 0 spiro atoms. The lowest BCUT2D eigenvalue weighted by atomic mass is 10.2. The van der Waals surface area contributed by atoms with Gasteiger partial charge in [0.25, 0.3) is 5.91 Å². The number of hydrogen-bond donors (Lipinski definition) is 1. The Bertz CT molecular complexity index is 1010. The predicted molar refractivity (Wildman–Crippen MR) is 101 cm³/mol. The van der Waals surface area contributed by atoms with Gasteiger partial charge in [-0.15, -0.1) is 5.10 Å². The van der Waals surface area contributed by atoms with Gasteiger partial charge in [-0.1, -0.05) is 17.3 Å². The first-order valence-electron chi connectivity index (χ1n) is 8.76. The summed E-state index contributed by atoms with van der Waals surface area (Å²) in [6.45, 7) is 4.17. The monoisotopic (exact) mass is 380 g/mol. The van der Waals surface area contributed by atoms with Crippen LogP contribution in [-0.4, -0.2) is 33.3 Å². The highest BCUT2D eigenvalue weighted by molar-refractivity contribution is 5.94. The molecule has 0 atom stereocenters. The van der Waals surface area contributed by atoms with E-state index in [9.17, 15) is 14.3 Å². The van der Waals surface area contributed by atoms with E-state index < -0.39 is 5.90 Å². The zero-order chi connectivity index (χ0) is 20.1. The van der Waals surface area contributed by atoms with Crippen LogP contribution in [0.15, 0.2) is 53.5 Å². The minimum atomic E-state index is -0.521. The molecule has 0 saturated heterocycles. The fourth-order valence-corrected chi connectivity index (χ4v) is 2.66. The maximum atomic E-state index is 13.2. The maximum absolute atomic E-state index is 13.2. The molecule has 7 nitrogen and oxygen atoms in total.